The fraction of sp³-hybridized carbons (Fsp3) is 0.300. The highest BCUT2D eigenvalue weighted by molar-refractivity contribution is 6.30. The average molecular weight is 374 g/mol. The van der Waals surface area contributed by atoms with Crippen LogP contribution in [0.3, 0.4) is 0 Å². The summed E-state index contributed by atoms with van der Waals surface area (Å²) < 4.78 is 0. The Kier molecular flexibility index (Phi) is 7.04. The van der Waals surface area contributed by atoms with Gasteiger partial charge >= 0.3 is 0 Å². The lowest BCUT2D eigenvalue weighted by Gasteiger charge is -2.19. The van der Waals surface area contributed by atoms with Gasteiger partial charge in [0.15, 0.2) is 0 Å². The minimum absolute atomic E-state index is 0.0327. The van der Waals surface area contributed by atoms with Gasteiger partial charge in [0.25, 0.3) is 0 Å². The third-order valence-electron chi connectivity index (χ3n) is 4.10. The molecule has 0 aliphatic carbocycles. The topological polar surface area (TPSA) is 70.2 Å². The van der Waals surface area contributed by atoms with Gasteiger partial charge in [0, 0.05) is 17.8 Å². The fourth-order valence-electron chi connectivity index (χ4n) is 2.48. The van der Waals surface area contributed by atoms with Crippen LogP contribution in [0.15, 0.2) is 48.5 Å². The van der Waals surface area contributed by atoms with Gasteiger partial charge in [-0.15, -0.1) is 0 Å². The van der Waals surface area contributed by atoms with Crippen LogP contribution >= 0.6 is 11.6 Å². The van der Waals surface area contributed by atoms with Gasteiger partial charge < -0.3 is 16.0 Å². The molecule has 2 amide bonds. The Balaban J connectivity index is 1.89. The summed E-state index contributed by atoms with van der Waals surface area (Å²) in [7, 11) is 1.61. The van der Waals surface area contributed by atoms with Crippen LogP contribution < -0.4 is 16.0 Å². The van der Waals surface area contributed by atoms with Crippen LogP contribution in [0.25, 0.3) is 0 Å². The Morgan fingerprint density at radius 3 is 2.19 bits per heavy atom. The minimum atomic E-state index is -0.394. The van der Waals surface area contributed by atoms with Crippen molar-refractivity contribution >= 4 is 29.1 Å². The average Bonchev–Trinajstić information content (AvgIpc) is 2.63. The zero-order valence-electron chi connectivity index (χ0n) is 15.2. The summed E-state index contributed by atoms with van der Waals surface area (Å²) in [6, 6.07) is 14.4. The summed E-state index contributed by atoms with van der Waals surface area (Å²) in [5, 5.41) is 9.42. The van der Waals surface area contributed by atoms with E-state index in [2.05, 4.69) is 16.0 Å². The van der Waals surface area contributed by atoms with Crippen LogP contribution in [-0.2, 0) is 16.0 Å². The maximum atomic E-state index is 12.4. The lowest BCUT2D eigenvalue weighted by atomic mass is 10.1. The molecule has 2 atom stereocenters. The molecule has 2 aromatic rings. The van der Waals surface area contributed by atoms with Crippen LogP contribution in [0.2, 0.25) is 5.02 Å². The molecule has 0 radical (unpaired) electrons. The minimum Gasteiger partial charge on any atom is -0.374 e. The molecule has 0 spiro atoms. The highest BCUT2D eigenvalue weighted by atomic mass is 35.5. The molecular formula is C20H24ClN3O2. The van der Waals surface area contributed by atoms with Gasteiger partial charge in [0.1, 0.15) is 6.04 Å². The van der Waals surface area contributed by atoms with Crippen molar-refractivity contribution in [3.05, 3.63) is 64.7 Å². The molecule has 0 saturated carbocycles. The van der Waals surface area contributed by atoms with Crippen LogP contribution in [0, 0.1) is 0 Å². The number of hydrogen-bond donors (Lipinski definition) is 3. The number of rotatable bonds is 7. The molecule has 2 aromatic carbocycles. The van der Waals surface area contributed by atoms with Crippen molar-refractivity contribution in [2.75, 3.05) is 12.4 Å². The number of halogens is 1. The summed E-state index contributed by atoms with van der Waals surface area (Å²) in [6.07, 6.45) is 0.339. The van der Waals surface area contributed by atoms with Crippen molar-refractivity contribution < 1.29 is 9.59 Å². The molecule has 0 fully saturated rings. The molecule has 0 aromatic heterocycles. The summed E-state index contributed by atoms with van der Waals surface area (Å²) in [5.74, 6) is -0.128. The number of hydrogen-bond acceptors (Lipinski definition) is 3. The second kappa shape index (κ2) is 9.25. The van der Waals surface area contributed by atoms with Gasteiger partial charge in [-0.2, -0.15) is 0 Å². The predicted octanol–water partition coefficient (Wildman–Crippen LogP) is 3.31. The van der Waals surface area contributed by atoms with Gasteiger partial charge in [0.2, 0.25) is 11.8 Å². The molecule has 2 unspecified atom stereocenters. The van der Waals surface area contributed by atoms with Gasteiger partial charge in [-0.05, 0) is 49.2 Å². The van der Waals surface area contributed by atoms with E-state index < -0.39 is 6.04 Å². The van der Waals surface area contributed by atoms with Crippen molar-refractivity contribution in [3.8, 4) is 0 Å². The largest absolute Gasteiger partial charge is 0.374 e. The standard InChI is InChI=1S/C20H24ClN3O2/c1-13(16-6-8-17(21)9-7-16)24-20(26)14(2)23-18-10-4-15(5-11-18)12-19(25)22-3/h4-11,13-14,23H,12H2,1-3H3,(H,22,25)(H,24,26). The predicted molar refractivity (Wildman–Crippen MR) is 105 cm³/mol. The smallest absolute Gasteiger partial charge is 0.242 e. The first-order valence-electron chi connectivity index (χ1n) is 8.51. The molecule has 0 heterocycles. The molecule has 0 aliphatic heterocycles. The van der Waals surface area contributed by atoms with Crippen LogP contribution in [0.1, 0.15) is 31.0 Å². The van der Waals surface area contributed by atoms with E-state index in [0.717, 1.165) is 16.8 Å². The van der Waals surface area contributed by atoms with Crippen molar-refractivity contribution in [1.82, 2.24) is 10.6 Å². The molecule has 0 bridgehead atoms. The number of anilines is 1. The monoisotopic (exact) mass is 373 g/mol. The Morgan fingerprint density at radius 1 is 1.00 bits per heavy atom. The molecular weight excluding hydrogens is 350 g/mol. The third-order valence-corrected chi connectivity index (χ3v) is 4.35. The first-order chi connectivity index (χ1) is 12.4. The van der Waals surface area contributed by atoms with E-state index in [0.29, 0.717) is 11.4 Å². The number of nitrogens with one attached hydrogen (secondary N) is 3. The quantitative estimate of drug-likeness (QED) is 0.697. The van der Waals surface area contributed by atoms with Gasteiger partial charge in [-0.1, -0.05) is 35.9 Å². The van der Waals surface area contributed by atoms with Gasteiger partial charge in [0.05, 0.1) is 12.5 Å². The third kappa shape index (κ3) is 5.77. The number of amides is 2. The second-order valence-electron chi connectivity index (χ2n) is 6.19. The summed E-state index contributed by atoms with van der Waals surface area (Å²) in [4.78, 5) is 23.8. The summed E-state index contributed by atoms with van der Waals surface area (Å²) in [6.45, 7) is 3.74. The van der Waals surface area contributed by atoms with Crippen molar-refractivity contribution in [1.29, 1.82) is 0 Å². The molecule has 6 heteroatoms. The van der Waals surface area contributed by atoms with E-state index in [1.807, 2.05) is 62.4 Å². The first kappa shape index (κ1) is 19.8. The van der Waals surface area contributed by atoms with Crippen molar-refractivity contribution in [3.63, 3.8) is 0 Å². The highest BCUT2D eigenvalue weighted by Gasteiger charge is 2.16. The Hall–Kier alpha value is -2.53. The molecule has 5 nitrogen and oxygen atoms in total. The van der Waals surface area contributed by atoms with Crippen molar-refractivity contribution in [2.24, 2.45) is 0 Å². The van der Waals surface area contributed by atoms with E-state index in [4.69, 9.17) is 11.6 Å². The van der Waals surface area contributed by atoms with E-state index in [1.54, 1.807) is 7.05 Å². The van der Waals surface area contributed by atoms with Crippen LogP contribution in [-0.4, -0.2) is 24.9 Å². The molecule has 0 saturated heterocycles. The summed E-state index contributed by atoms with van der Waals surface area (Å²) >= 11 is 5.89. The lowest BCUT2D eigenvalue weighted by Crippen LogP contribution is -2.38. The fourth-order valence-corrected chi connectivity index (χ4v) is 2.61. The number of carbonyl (C=O) groups is 2. The molecule has 2 rings (SSSR count). The highest BCUT2D eigenvalue weighted by Crippen LogP contribution is 2.17. The Bertz CT molecular complexity index is 745. The molecule has 0 aliphatic rings. The molecule has 3 N–H and O–H groups in total. The second-order valence-corrected chi connectivity index (χ2v) is 6.63. The first-order valence-corrected chi connectivity index (χ1v) is 8.88. The Labute approximate surface area is 159 Å². The molecule has 138 valence electrons. The van der Waals surface area contributed by atoms with E-state index >= 15 is 0 Å². The number of likely N-dealkylation sites (N-methyl/N-ethyl adjacent to an activating group) is 1. The molecule has 26 heavy (non-hydrogen) atoms. The van der Waals surface area contributed by atoms with Gasteiger partial charge in [-0.25, -0.2) is 0 Å². The maximum Gasteiger partial charge on any atom is 0.242 e. The zero-order valence-corrected chi connectivity index (χ0v) is 15.9. The van der Waals surface area contributed by atoms with Crippen LogP contribution in [0.5, 0.6) is 0 Å². The summed E-state index contributed by atoms with van der Waals surface area (Å²) in [5.41, 5.74) is 2.74. The van der Waals surface area contributed by atoms with E-state index in [1.165, 1.54) is 0 Å². The van der Waals surface area contributed by atoms with Crippen molar-refractivity contribution in [2.45, 2.75) is 32.4 Å². The van der Waals surface area contributed by atoms with Gasteiger partial charge in [-0.3, -0.25) is 9.59 Å². The zero-order chi connectivity index (χ0) is 19.1. The normalized spacial score (nSPS) is 12.8. The maximum absolute atomic E-state index is 12.4. The Morgan fingerprint density at radius 2 is 1.62 bits per heavy atom. The van der Waals surface area contributed by atoms with E-state index in [9.17, 15) is 9.59 Å². The van der Waals surface area contributed by atoms with E-state index in [-0.39, 0.29) is 17.9 Å². The number of carbonyl (C=O) groups excluding carboxylic acids is 2. The number of benzene rings is 2. The van der Waals surface area contributed by atoms with Crippen LogP contribution in [0.4, 0.5) is 5.69 Å². The lowest BCUT2D eigenvalue weighted by molar-refractivity contribution is -0.122. The SMILES string of the molecule is CNC(=O)Cc1ccc(NC(C)C(=O)NC(C)c2ccc(Cl)cc2)cc1.